The normalized spacial score (nSPS) is 22.0. The summed E-state index contributed by atoms with van der Waals surface area (Å²) in [4.78, 5) is 14.2. The van der Waals surface area contributed by atoms with Crippen LogP contribution in [0.5, 0.6) is 0 Å². The molecule has 0 spiro atoms. The third-order valence-electron chi connectivity index (χ3n) is 4.34. The van der Waals surface area contributed by atoms with Crippen LogP contribution in [-0.4, -0.2) is 40.9 Å². The van der Waals surface area contributed by atoms with E-state index < -0.39 is 0 Å². The molecule has 0 aliphatic carbocycles. The van der Waals surface area contributed by atoms with Gasteiger partial charge in [-0.2, -0.15) is 5.10 Å². The Kier molecular flexibility index (Phi) is 4.68. The predicted molar refractivity (Wildman–Crippen MR) is 93.2 cm³/mol. The summed E-state index contributed by atoms with van der Waals surface area (Å²) in [6.45, 7) is 1.94. The van der Waals surface area contributed by atoms with Crippen LogP contribution in [0.15, 0.2) is 41.3 Å². The first-order valence-electron chi connectivity index (χ1n) is 7.76. The number of rotatable bonds is 3. The molecule has 0 amide bonds. The molecule has 2 aromatic rings. The Labute approximate surface area is 140 Å². The van der Waals surface area contributed by atoms with Gasteiger partial charge in [-0.1, -0.05) is 41.9 Å². The van der Waals surface area contributed by atoms with Crippen LogP contribution in [0.3, 0.4) is 0 Å². The molecule has 1 aliphatic heterocycles. The molecule has 1 aromatic heterocycles. The van der Waals surface area contributed by atoms with Crippen molar-refractivity contribution in [1.29, 1.82) is 0 Å². The van der Waals surface area contributed by atoms with E-state index in [-0.39, 0.29) is 16.6 Å². The van der Waals surface area contributed by atoms with E-state index in [2.05, 4.69) is 46.6 Å². The largest absolute Gasteiger partial charge is 0.378 e. The highest BCUT2D eigenvalue weighted by Crippen LogP contribution is 2.28. The van der Waals surface area contributed by atoms with Crippen molar-refractivity contribution in [3.8, 4) is 0 Å². The monoisotopic (exact) mass is 332 g/mol. The third-order valence-corrected chi connectivity index (χ3v) is 4.71. The van der Waals surface area contributed by atoms with Crippen LogP contribution in [0.1, 0.15) is 17.9 Å². The van der Waals surface area contributed by atoms with E-state index >= 15 is 0 Å². The van der Waals surface area contributed by atoms with Crippen molar-refractivity contribution in [2.75, 3.05) is 25.5 Å². The molecule has 0 bridgehead atoms. The van der Waals surface area contributed by atoms with Crippen LogP contribution < -0.4 is 10.9 Å². The summed E-state index contributed by atoms with van der Waals surface area (Å²) >= 11 is 6.16. The predicted octanol–water partition coefficient (Wildman–Crippen LogP) is 2.33. The zero-order chi connectivity index (χ0) is 16.4. The first kappa shape index (κ1) is 16.0. The number of anilines is 1. The Bertz CT molecular complexity index is 731. The summed E-state index contributed by atoms with van der Waals surface area (Å²) in [5.41, 5.74) is 1.68. The maximum atomic E-state index is 11.9. The second-order valence-corrected chi connectivity index (χ2v) is 6.58. The highest BCUT2D eigenvalue weighted by molar-refractivity contribution is 6.32. The molecule has 122 valence electrons. The molecule has 1 aliphatic rings. The van der Waals surface area contributed by atoms with Gasteiger partial charge < -0.3 is 10.2 Å². The number of piperidine rings is 1. The molecule has 23 heavy (non-hydrogen) atoms. The van der Waals surface area contributed by atoms with Crippen LogP contribution in [0.25, 0.3) is 0 Å². The summed E-state index contributed by atoms with van der Waals surface area (Å²) < 4.78 is 1.24. The van der Waals surface area contributed by atoms with Crippen LogP contribution in [-0.2, 0) is 7.05 Å². The highest BCUT2D eigenvalue weighted by atomic mass is 35.5. The van der Waals surface area contributed by atoms with Crippen LogP contribution in [0.4, 0.5) is 5.69 Å². The average molecular weight is 333 g/mol. The fourth-order valence-electron chi connectivity index (χ4n) is 3.22. The minimum atomic E-state index is -0.277. The molecule has 2 atom stereocenters. The summed E-state index contributed by atoms with van der Waals surface area (Å²) in [5.74, 6) is 0.464. The Morgan fingerprint density at radius 3 is 2.70 bits per heavy atom. The molecule has 2 heterocycles. The van der Waals surface area contributed by atoms with Gasteiger partial charge in [0.15, 0.2) is 0 Å². The van der Waals surface area contributed by atoms with Crippen molar-refractivity contribution in [2.24, 2.45) is 7.05 Å². The van der Waals surface area contributed by atoms with Gasteiger partial charge in [0.05, 0.1) is 11.9 Å². The standard InChI is InChI=1S/C17H21ClN4O/c1-21-10-13(12-6-4-3-5-7-12)8-14(11-21)20-15-9-19-22(2)17(23)16(15)18/h3-7,9,13-14,20H,8,10-11H2,1-2H3/t13-,14+/m0/s1. The molecule has 1 saturated heterocycles. The van der Waals surface area contributed by atoms with Gasteiger partial charge in [-0.25, -0.2) is 4.68 Å². The van der Waals surface area contributed by atoms with Gasteiger partial charge in [0.2, 0.25) is 0 Å². The lowest BCUT2D eigenvalue weighted by molar-refractivity contribution is 0.235. The zero-order valence-corrected chi connectivity index (χ0v) is 14.1. The zero-order valence-electron chi connectivity index (χ0n) is 13.4. The number of benzene rings is 1. The number of likely N-dealkylation sites (N-methyl/N-ethyl adjacent to an activating group) is 1. The van der Waals surface area contributed by atoms with Crippen molar-refractivity contribution in [3.63, 3.8) is 0 Å². The lowest BCUT2D eigenvalue weighted by Gasteiger charge is -2.36. The lowest BCUT2D eigenvalue weighted by atomic mass is 9.88. The molecule has 6 heteroatoms. The highest BCUT2D eigenvalue weighted by Gasteiger charge is 2.27. The van der Waals surface area contributed by atoms with E-state index in [4.69, 9.17) is 11.6 Å². The van der Waals surface area contributed by atoms with E-state index in [1.807, 2.05) is 6.07 Å². The van der Waals surface area contributed by atoms with Gasteiger partial charge in [-0.3, -0.25) is 4.79 Å². The lowest BCUT2D eigenvalue weighted by Crippen LogP contribution is -2.43. The smallest absolute Gasteiger partial charge is 0.287 e. The van der Waals surface area contributed by atoms with Crippen molar-refractivity contribution in [1.82, 2.24) is 14.7 Å². The van der Waals surface area contributed by atoms with Crippen LogP contribution in [0.2, 0.25) is 5.02 Å². The van der Waals surface area contributed by atoms with E-state index in [1.165, 1.54) is 10.2 Å². The van der Waals surface area contributed by atoms with E-state index in [9.17, 15) is 4.79 Å². The Hall–Kier alpha value is -1.85. The molecule has 3 rings (SSSR count). The first-order valence-corrected chi connectivity index (χ1v) is 8.14. The minimum absolute atomic E-state index is 0.201. The summed E-state index contributed by atoms with van der Waals surface area (Å²) in [7, 11) is 3.71. The SMILES string of the molecule is CN1C[C@H](Nc2cnn(C)c(=O)c2Cl)C[C@H](c2ccccc2)C1. The maximum Gasteiger partial charge on any atom is 0.287 e. The minimum Gasteiger partial charge on any atom is -0.378 e. The van der Waals surface area contributed by atoms with E-state index in [1.54, 1.807) is 13.2 Å². The molecule has 1 N–H and O–H groups in total. The number of nitrogens with one attached hydrogen (secondary N) is 1. The topological polar surface area (TPSA) is 50.2 Å². The van der Waals surface area contributed by atoms with Crippen molar-refractivity contribution in [3.05, 3.63) is 57.5 Å². The number of likely N-dealkylation sites (tertiary alicyclic amines) is 1. The van der Waals surface area contributed by atoms with Gasteiger partial charge >= 0.3 is 0 Å². The molecule has 0 radical (unpaired) electrons. The Morgan fingerprint density at radius 2 is 1.96 bits per heavy atom. The van der Waals surface area contributed by atoms with E-state index in [0.717, 1.165) is 19.5 Å². The molecular weight excluding hydrogens is 312 g/mol. The fraction of sp³-hybridized carbons (Fsp3) is 0.412. The molecule has 1 aromatic carbocycles. The number of aromatic nitrogens is 2. The summed E-state index contributed by atoms with van der Waals surface area (Å²) in [6.07, 6.45) is 2.62. The quantitative estimate of drug-likeness (QED) is 0.937. The molecule has 0 saturated carbocycles. The number of hydrogen-bond donors (Lipinski definition) is 1. The number of halogens is 1. The van der Waals surface area contributed by atoms with Gasteiger partial charge in [0.1, 0.15) is 5.02 Å². The van der Waals surface area contributed by atoms with Crippen molar-refractivity contribution >= 4 is 17.3 Å². The molecule has 1 fully saturated rings. The van der Waals surface area contributed by atoms with Gasteiger partial charge in [0.25, 0.3) is 5.56 Å². The number of hydrogen-bond acceptors (Lipinski definition) is 4. The van der Waals surface area contributed by atoms with Gasteiger partial charge in [-0.05, 0) is 24.9 Å². The average Bonchev–Trinajstić information content (AvgIpc) is 2.56. The first-order chi connectivity index (χ1) is 11.0. The summed E-state index contributed by atoms with van der Waals surface area (Å²) in [6, 6.07) is 10.8. The molecule has 0 unspecified atom stereocenters. The van der Waals surface area contributed by atoms with Crippen molar-refractivity contribution in [2.45, 2.75) is 18.4 Å². The summed E-state index contributed by atoms with van der Waals surface area (Å²) in [5, 5.41) is 7.64. The molecular formula is C17H21ClN4O. The van der Waals surface area contributed by atoms with Crippen LogP contribution >= 0.6 is 11.6 Å². The number of aryl methyl sites for hydroxylation is 1. The van der Waals surface area contributed by atoms with Crippen molar-refractivity contribution < 1.29 is 0 Å². The maximum absolute atomic E-state index is 11.9. The fourth-order valence-corrected chi connectivity index (χ4v) is 3.45. The third kappa shape index (κ3) is 3.57. The van der Waals surface area contributed by atoms with Crippen LogP contribution in [0, 0.1) is 0 Å². The van der Waals surface area contributed by atoms with E-state index in [0.29, 0.717) is 11.6 Å². The number of nitrogens with zero attached hydrogens (tertiary/aromatic N) is 3. The van der Waals surface area contributed by atoms with Gasteiger partial charge in [0, 0.05) is 26.2 Å². The second-order valence-electron chi connectivity index (χ2n) is 6.21. The van der Waals surface area contributed by atoms with Gasteiger partial charge in [-0.15, -0.1) is 0 Å². The molecule has 5 nitrogen and oxygen atoms in total. The second kappa shape index (κ2) is 6.72. The Morgan fingerprint density at radius 1 is 1.22 bits per heavy atom. The Balaban J connectivity index is 1.78.